The molecule has 1 N–H and O–H groups in total. The van der Waals surface area contributed by atoms with E-state index in [1.807, 2.05) is 0 Å². The Bertz CT molecular complexity index is 550. The summed E-state index contributed by atoms with van der Waals surface area (Å²) >= 11 is 0. The van der Waals surface area contributed by atoms with Crippen molar-refractivity contribution in [3.63, 3.8) is 0 Å². The molecule has 1 aromatic carbocycles. The second-order valence-electron chi connectivity index (χ2n) is 3.98. The molecule has 7 heteroatoms. The Labute approximate surface area is 115 Å². The number of rotatable bonds is 6. The molecule has 1 aromatic heterocycles. The standard InChI is InChI=1S/C13H15F2N3O2/c1-19-10-5-9(6-11(7-10)20-2)17-8-12-16-3-4-18(12)13(14)15/h3-7,13,17H,8H2,1-2H3. The molecule has 0 fully saturated rings. The van der Waals surface area contributed by atoms with Crippen molar-refractivity contribution in [3.8, 4) is 11.5 Å². The Morgan fingerprint density at radius 3 is 2.40 bits per heavy atom. The maximum atomic E-state index is 12.7. The summed E-state index contributed by atoms with van der Waals surface area (Å²) in [6.45, 7) is -2.43. The van der Waals surface area contributed by atoms with Crippen LogP contribution >= 0.6 is 0 Å². The molecule has 0 amide bonds. The molecule has 0 bridgehead atoms. The van der Waals surface area contributed by atoms with Gasteiger partial charge in [0.1, 0.15) is 17.3 Å². The second-order valence-corrected chi connectivity index (χ2v) is 3.98. The summed E-state index contributed by atoms with van der Waals surface area (Å²) in [6, 6.07) is 5.22. The van der Waals surface area contributed by atoms with Crippen LogP contribution in [0.5, 0.6) is 11.5 Å². The summed E-state index contributed by atoms with van der Waals surface area (Å²) in [5, 5.41) is 3.02. The van der Waals surface area contributed by atoms with Gasteiger partial charge in [0.25, 0.3) is 0 Å². The minimum atomic E-state index is -2.60. The van der Waals surface area contributed by atoms with Gasteiger partial charge in [-0.1, -0.05) is 0 Å². The molecule has 108 valence electrons. The fourth-order valence-corrected chi connectivity index (χ4v) is 1.75. The largest absolute Gasteiger partial charge is 0.497 e. The van der Waals surface area contributed by atoms with Crippen LogP contribution in [0, 0.1) is 0 Å². The summed E-state index contributed by atoms with van der Waals surface area (Å²) in [6.07, 6.45) is 2.59. The van der Waals surface area contributed by atoms with Crippen molar-refractivity contribution in [2.24, 2.45) is 0 Å². The van der Waals surface area contributed by atoms with Gasteiger partial charge in [-0.3, -0.25) is 4.57 Å². The molecule has 2 rings (SSSR count). The first-order valence-electron chi connectivity index (χ1n) is 5.91. The number of hydrogen-bond acceptors (Lipinski definition) is 4. The number of nitrogens with zero attached hydrogens (tertiary/aromatic N) is 2. The van der Waals surface area contributed by atoms with Gasteiger partial charge >= 0.3 is 6.55 Å². The van der Waals surface area contributed by atoms with Gasteiger partial charge in [0.05, 0.1) is 20.8 Å². The quantitative estimate of drug-likeness (QED) is 0.885. The molecule has 0 aliphatic heterocycles. The predicted octanol–water partition coefficient (Wildman–Crippen LogP) is 2.91. The number of ether oxygens (including phenoxy) is 2. The zero-order valence-electron chi connectivity index (χ0n) is 11.1. The lowest BCUT2D eigenvalue weighted by molar-refractivity contribution is 0.0673. The number of imidazole rings is 1. The molecule has 0 unspecified atom stereocenters. The number of alkyl halides is 2. The van der Waals surface area contributed by atoms with E-state index in [9.17, 15) is 8.78 Å². The third kappa shape index (κ3) is 3.17. The third-order valence-corrected chi connectivity index (χ3v) is 2.76. The van der Waals surface area contributed by atoms with E-state index in [-0.39, 0.29) is 12.4 Å². The van der Waals surface area contributed by atoms with E-state index in [4.69, 9.17) is 9.47 Å². The molecule has 0 atom stereocenters. The van der Waals surface area contributed by atoms with Crippen LogP contribution in [0.25, 0.3) is 0 Å². The smallest absolute Gasteiger partial charge is 0.319 e. The van der Waals surface area contributed by atoms with Crippen LogP contribution in [0.2, 0.25) is 0 Å². The van der Waals surface area contributed by atoms with Crippen molar-refractivity contribution in [1.29, 1.82) is 0 Å². The monoisotopic (exact) mass is 283 g/mol. The minimum Gasteiger partial charge on any atom is -0.497 e. The van der Waals surface area contributed by atoms with E-state index >= 15 is 0 Å². The van der Waals surface area contributed by atoms with Crippen LogP contribution in [0.1, 0.15) is 12.4 Å². The summed E-state index contributed by atoms with van der Waals surface area (Å²) in [5.41, 5.74) is 0.699. The Morgan fingerprint density at radius 1 is 1.20 bits per heavy atom. The van der Waals surface area contributed by atoms with Crippen LogP contribution < -0.4 is 14.8 Å². The average Bonchev–Trinajstić information content (AvgIpc) is 2.93. The van der Waals surface area contributed by atoms with Crippen LogP contribution in [-0.4, -0.2) is 23.8 Å². The molecular weight excluding hydrogens is 268 g/mol. The maximum absolute atomic E-state index is 12.7. The predicted molar refractivity (Wildman–Crippen MR) is 70.4 cm³/mol. The van der Waals surface area contributed by atoms with Gasteiger partial charge in [-0.25, -0.2) is 4.98 Å². The molecule has 5 nitrogen and oxygen atoms in total. The number of methoxy groups -OCH3 is 2. The average molecular weight is 283 g/mol. The highest BCUT2D eigenvalue weighted by molar-refractivity contribution is 5.53. The highest BCUT2D eigenvalue weighted by atomic mass is 19.3. The fourth-order valence-electron chi connectivity index (χ4n) is 1.75. The molecule has 0 aliphatic rings. The molecule has 0 saturated heterocycles. The first-order valence-corrected chi connectivity index (χ1v) is 5.91. The Kier molecular flexibility index (Phi) is 4.39. The molecule has 0 radical (unpaired) electrons. The van der Waals surface area contributed by atoms with Crippen LogP contribution in [0.15, 0.2) is 30.6 Å². The van der Waals surface area contributed by atoms with Crippen molar-refractivity contribution in [3.05, 3.63) is 36.4 Å². The number of anilines is 1. The Balaban J connectivity index is 2.12. The molecular formula is C13H15F2N3O2. The lowest BCUT2D eigenvalue weighted by atomic mass is 10.2. The van der Waals surface area contributed by atoms with Gasteiger partial charge in [0, 0.05) is 36.3 Å². The molecule has 0 aliphatic carbocycles. The van der Waals surface area contributed by atoms with Crippen LogP contribution in [0.3, 0.4) is 0 Å². The normalized spacial score (nSPS) is 10.7. The van der Waals surface area contributed by atoms with E-state index in [2.05, 4.69) is 10.3 Å². The van der Waals surface area contributed by atoms with Crippen molar-refractivity contribution < 1.29 is 18.3 Å². The zero-order chi connectivity index (χ0) is 14.5. The molecule has 2 aromatic rings. The second kappa shape index (κ2) is 6.23. The van der Waals surface area contributed by atoms with Gasteiger partial charge < -0.3 is 14.8 Å². The van der Waals surface area contributed by atoms with Crippen molar-refractivity contribution in [2.75, 3.05) is 19.5 Å². The first kappa shape index (κ1) is 14.1. The van der Waals surface area contributed by atoms with E-state index in [0.29, 0.717) is 17.2 Å². The number of halogens is 2. The number of benzene rings is 1. The van der Waals surface area contributed by atoms with Gasteiger partial charge in [-0.05, 0) is 0 Å². The van der Waals surface area contributed by atoms with Gasteiger partial charge in [-0.2, -0.15) is 8.78 Å². The van der Waals surface area contributed by atoms with Crippen molar-refractivity contribution in [2.45, 2.75) is 13.1 Å². The third-order valence-electron chi connectivity index (χ3n) is 2.76. The summed E-state index contributed by atoms with van der Waals surface area (Å²) in [5.74, 6) is 1.48. The molecule has 20 heavy (non-hydrogen) atoms. The molecule has 1 heterocycles. The van der Waals surface area contributed by atoms with Gasteiger partial charge in [0.15, 0.2) is 0 Å². The lowest BCUT2D eigenvalue weighted by Gasteiger charge is -2.11. The highest BCUT2D eigenvalue weighted by Gasteiger charge is 2.11. The summed E-state index contributed by atoms with van der Waals surface area (Å²) in [7, 11) is 3.09. The Hall–Kier alpha value is -2.31. The highest BCUT2D eigenvalue weighted by Crippen LogP contribution is 2.26. The van der Waals surface area contributed by atoms with Crippen molar-refractivity contribution >= 4 is 5.69 Å². The fraction of sp³-hybridized carbons (Fsp3) is 0.308. The topological polar surface area (TPSA) is 48.3 Å². The lowest BCUT2D eigenvalue weighted by Crippen LogP contribution is -2.09. The number of nitrogens with one attached hydrogen (secondary N) is 1. The van der Waals surface area contributed by atoms with Crippen LogP contribution in [-0.2, 0) is 6.54 Å². The first-order chi connectivity index (χ1) is 9.63. The van der Waals surface area contributed by atoms with Crippen molar-refractivity contribution in [1.82, 2.24) is 9.55 Å². The Morgan fingerprint density at radius 2 is 1.85 bits per heavy atom. The zero-order valence-corrected chi connectivity index (χ0v) is 11.1. The molecule has 0 saturated carbocycles. The van der Waals surface area contributed by atoms with Crippen LogP contribution in [0.4, 0.5) is 14.5 Å². The van der Waals surface area contributed by atoms with Gasteiger partial charge in [-0.15, -0.1) is 0 Å². The number of hydrogen-bond donors (Lipinski definition) is 1. The molecule has 0 spiro atoms. The van der Waals surface area contributed by atoms with E-state index in [1.165, 1.54) is 12.4 Å². The SMILES string of the molecule is COc1cc(NCc2nccn2C(F)F)cc(OC)c1. The maximum Gasteiger partial charge on any atom is 0.319 e. The minimum absolute atomic E-state index is 0.174. The van der Waals surface area contributed by atoms with E-state index < -0.39 is 6.55 Å². The van der Waals surface area contributed by atoms with Gasteiger partial charge in [0.2, 0.25) is 0 Å². The summed E-state index contributed by atoms with van der Waals surface area (Å²) in [4.78, 5) is 3.90. The van der Waals surface area contributed by atoms with E-state index in [1.54, 1.807) is 32.4 Å². The number of aromatic nitrogens is 2. The van der Waals surface area contributed by atoms with E-state index in [0.717, 1.165) is 4.57 Å². The summed E-state index contributed by atoms with van der Waals surface area (Å²) < 4.78 is 36.4.